The van der Waals surface area contributed by atoms with E-state index in [0.29, 0.717) is 6.61 Å². The Morgan fingerprint density at radius 2 is 2.00 bits per heavy atom. The first-order chi connectivity index (χ1) is 5.36. The van der Waals surface area contributed by atoms with Gasteiger partial charge in [0.05, 0.1) is 6.61 Å². The Morgan fingerprint density at radius 1 is 1.36 bits per heavy atom. The molecule has 11 heavy (non-hydrogen) atoms. The minimum Gasteiger partial charge on any atom is -0.380 e. The van der Waals surface area contributed by atoms with Crippen LogP contribution in [0, 0.1) is 0 Å². The largest absolute Gasteiger partial charge is 0.380 e. The van der Waals surface area contributed by atoms with Gasteiger partial charge in [-0.25, -0.2) is 0 Å². The lowest BCUT2D eigenvalue weighted by Gasteiger charge is -2.00. The molecule has 0 radical (unpaired) electrons. The van der Waals surface area contributed by atoms with Crippen molar-refractivity contribution in [1.29, 1.82) is 0 Å². The van der Waals surface area contributed by atoms with Gasteiger partial charge < -0.3 is 4.74 Å². The van der Waals surface area contributed by atoms with Gasteiger partial charge in [0.1, 0.15) is 0 Å². The van der Waals surface area contributed by atoms with Gasteiger partial charge in [-0.1, -0.05) is 12.1 Å². The van der Waals surface area contributed by atoms with E-state index in [1.807, 2.05) is 24.3 Å². The summed E-state index contributed by atoms with van der Waals surface area (Å²) >= 11 is 5.38. The van der Waals surface area contributed by atoms with Crippen molar-refractivity contribution in [2.24, 2.45) is 0 Å². The van der Waals surface area contributed by atoms with Gasteiger partial charge >= 0.3 is 0 Å². The van der Waals surface area contributed by atoms with Crippen LogP contribution in [0.1, 0.15) is 5.56 Å². The van der Waals surface area contributed by atoms with Crippen molar-refractivity contribution in [3.63, 3.8) is 0 Å². The maximum Gasteiger partial charge on any atom is 0.0713 e. The summed E-state index contributed by atoms with van der Waals surface area (Å²) in [7, 11) is 1.67. The van der Waals surface area contributed by atoms with Crippen molar-refractivity contribution in [3.8, 4) is 0 Å². The highest BCUT2D eigenvalue weighted by atomic mass is 35.5. The van der Waals surface area contributed by atoms with Gasteiger partial charge in [0.2, 0.25) is 0 Å². The summed E-state index contributed by atoms with van der Waals surface area (Å²) < 4.78 is 4.95. The molecule has 0 atom stereocenters. The first-order valence-corrected chi connectivity index (χ1v) is 3.69. The SMILES string of the molecule is COCc1ccc(NCl)cc1. The molecule has 1 N–H and O–H groups in total. The molecule has 60 valence electrons. The number of benzene rings is 1. The summed E-state index contributed by atoms with van der Waals surface area (Å²) in [6.45, 7) is 0.641. The average Bonchev–Trinajstić information content (AvgIpc) is 2.07. The number of anilines is 1. The lowest BCUT2D eigenvalue weighted by molar-refractivity contribution is 0.185. The van der Waals surface area contributed by atoms with Gasteiger partial charge in [0.25, 0.3) is 0 Å². The summed E-state index contributed by atoms with van der Waals surface area (Å²) in [6.07, 6.45) is 0. The van der Waals surface area contributed by atoms with Gasteiger partial charge in [-0.3, -0.25) is 4.84 Å². The maximum atomic E-state index is 5.38. The third kappa shape index (κ3) is 2.41. The molecular formula is C8H10ClNO. The van der Waals surface area contributed by atoms with Gasteiger partial charge in [-0.2, -0.15) is 0 Å². The van der Waals surface area contributed by atoms with E-state index < -0.39 is 0 Å². The van der Waals surface area contributed by atoms with Crippen molar-refractivity contribution >= 4 is 17.5 Å². The van der Waals surface area contributed by atoms with E-state index >= 15 is 0 Å². The van der Waals surface area contributed by atoms with Crippen LogP contribution in [0.5, 0.6) is 0 Å². The molecule has 0 heterocycles. The number of hydrogen-bond acceptors (Lipinski definition) is 2. The van der Waals surface area contributed by atoms with Gasteiger partial charge in [0, 0.05) is 24.6 Å². The van der Waals surface area contributed by atoms with Gasteiger partial charge in [-0.15, -0.1) is 0 Å². The lowest BCUT2D eigenvalue weighted by Crippen LogP contribution is -1.87. The maximum absolute atomic E-state index is 5.38. The third-order valence-electron chi connectivity index (χ3n) is 1.37. The van der Waals surface area contributed by atoms with Crippen LogP contribution in [0.15, 0.2) is 24.3 Å². The van der Waals surface area contributed by atoms with Crippen molar-refractivity contribution in [1.82, 2.24) is 0 Å². The van der Waals surface area contributed by atoms with Crippen LogP contribution in [0.3, 0.4) is 0 Å². The van der Waals surface area contributed by atoms with Crippen LogP contribution in [0.2, 0.25) is 0 Å². The summed E-state index contributed by atoms with van der Waals surface area (Å²) in [6, 6.07) is 7.74. The number of rotatable bonds is 3. The van der Waals surface area contributed by atoms with E-state index in [1.165, 1.54) is 0 Å². The van der Waals surface area contributed by atoms with Crippen molar-refractivity contribution in [2.45, 2.75) is 6.61 Å². The zero-order valence-electron chi connectivity index (χ0n) is 6.30. The average molecular weight is 172 g/mol. The molecule has 0 saturated carbocycles. The molecule has 0 aliphatic carbocycles. The number of hydrogen-bond donors (Lipinski definition) is 1. The van der Waals surface area contributed by atoms with Crippen LogP contribution >= 0.6 is 11.8 Å². The number of halogens is 1. The highest BCUT2D eigenvalue weighted by molar-refractivity contribution is 6.23. The monoisotopic (exact) mass is 171 g/mol. The fourth-order valence-corrected chi connectivity index (χ4v) is 0.957. The molecule has 0 fully saturated rings. The molecule has 0 aromatic heterocycles. The van der Waals surface area contributed by atoms with Crippen molar-refractivity contribution in [2.75, 3.05) is 11.9 Å². The second-order valence-electron chi connectivity index (χ2n) is 2.22. The van der Waals surface area contributed by atoms with E-state index in [-0.39, 0.29) is 0 Å². The summed E-state index contributed by atoms with van der Waals surface area (Å²) in [5, 5.41) is 0. The number of ether oxygens (including phenoxy) is 1. The number of nitrogens with one attached hydrogen (secondary N) is 1. The van der Waals surface area contributed by atoms with Crippen molar-refractivity contribution < 1.29 is 4.74 Å². The molecule has 1 aromatic carbocycles. The van der Waals surface area contributed by atoms with Crippen LogP contribution in [-0.4, -0.2) is 7.11 Å². The second-order valence-corrected chi connectivity index (χ2v) is 2.41. The Bertz CT molecular complexity index is 210. The molecule has 0 unspecified atom stereocenters. The molecule has 3 heteroatoms. The Hall–Kier alpha value is -0.730. The molecule has 0 aliphatic heterocycles. The third-order valence-corrected chi connectivity index (χ3v) is 1.59. The topological polar surface area (TPSA) is 21.3 Å². The quantitative estimate of drug-likeness (QED) is 0.706. The zero-order chi connectivity index (χ0) is 8.10. The van der Waals surface area contributed by atoms with E-state index in [1.54, 1.807) is 7.11 Å². The standard InChI is InChI=1S/C8H10ClNO/c1-11-6-7-2-4-8(10-9)5-3-7/h2-5,10H,6H2,1H3. The molecule has 2 nitrogen and oxygen atoms in total. The second kappa shape index (κ2) is 4.21. The fraction of sp³-hybridized carbons (Fsp3) is 0.250. The van der Waals surface area contributed by atoms with Crippen LogP contribution in [0.4, 0.5) is 5.69 Å². The van der Waals surface area contributed by atoms with E-state index in [4.69, 9.17) is 16.5 Å². The van der Waals surface area contributed by atoms with E-state index in [9.17, 15) is 0 Å². The molecule has 0 saturated heterocycles. The predicted octanol–water partition coefficient (Wildman–Crippen LogP) is 2.40. The lowest BCUT2D eigenvalue weighted by atomic mass is 10.2. The highest BCUT2D eigenvalue weighted by Gasteiger charge is 1.91. The normalized spacial score (nSPS) is 9.64. The van der Waals surface area contributed by atoms with E-state index in [2.05, 4.69) is 4.84 Å². The summed E-state index contributed by atoms with van der Waals surface area (Å²) in [4.78, 5) is 2.53. The molecular weight excluding hydrogens is 162 g/mol. The first kappa shape index (κ1) is 8.37. The first-order valence-electron chi connectivity index (χ1n) is 3.31. The van der Waals surface area contributed by atoms with Gasteiger partial charge in [0.15, 0.2) is 0 Å². The van der Waals surface area contributed by atoms with E-state index in [0.717, 1.165) is 11.3 Å². The molecule has 0 aliphatic rings. The Labute approximate surface area is 71.2 Å². The smallest absolute Gasteiger partial charge is 0.0713 e. The Kier molecular flexibility index (Phi) is 3.20. The minimum absolute atomic E-state index is 0.641. The fourth-order valence-electron chi connectivity index (χ4n) is 0.831. The summed E-state index contributed by atoms with van der Waals surface area (Å²) in [5.74, 6) is 0. The molecule has 0 bridgehead atoms. The Balaban J connectivity index is 2.66. The van der Waals surface area contributed by atoms with Crippen LogP contribution in [-0.2, 0) is 11.3 Å². The highest BCUT2D eigenvalue weighted by Crippen LogP contribution is 2.10. The molecule has 1 rings (SSSR count). The summed E-state index contributed by atoms with van der Waals surface area (Å²) in [5.41, 5.74) is 2.04. The minimum atomic E-state index is 0.641. The molecule has 0 spiro atoms. The Morgan fingerprint density at radius 3 is 2.45 bits per heavy atom. The van der Waals surface area contributed by atoms with Crippen molar-refractivity contribution in [3.05, 3.63) is 29.8 Å². The molecule has 1 aromatic rings. The van der Waals surface area contributed by atoms with Crippen LogP contribution in [0.25, 0.3) is 0 Å². The van der Waals surface area contributed by atoms with Gasteiger partial charge in [-0.05, 0) is 17.7 Å². The predicted molar refractivity (Wildman–Crippen MR) is 46.6 cm³/mol. The number of methoxy groups -OCH3 is 1. The zero-order valence-corrected chi connectivity index (χ0v) is 7.06. The van der Waals surface area contributed by atoms with Crippen LogP contribution < -0.4 is 4.84 Å². The molecule has 0 amide bonds.